The Morgan fingerprint density at radius 1 is 1.00 bits per heavy atom. The minimum Gasteiger partial charge on any atom is -0.478 e. The number of para-hydroxylation sites is 1. The fraction of sp³-hybridized carbons (Fsp3) is 0.0769. The number of carbonyl (C=O) groups is 1. The van der Waals surface area contributed by atoms with Gasteiger partial charge in [0.05, 0.1) is 28.3 Å². The second-order valence-electron chi connectivity index (χ2n) is 7.51. The van der Waals surface area contributed by atoms with Gasteiger partial charge in [0.15, 0.2) is 0 Å². The quantitative estimate of drug-likeness (QED) is 0.338. The molecule has 0 aliphatic rings. The predicted molar refractivity (Wildman–Crippen MR) is 128 cm³/mol. The van der Waals surface area contributed by atoms with E-state index in [0.29, 0.717) is 16.8 Å². The Balaban J connectivity index is 1.83. The molecule has 0 atom stereocenters. The van der Waals surface area contributed by atoms with Crippen LogP contribution >= 0.6 is 0 Å². The third kappa shape index (κ3) is 4.85. The van der Waals surface area contributed by atoms with Gasteiger partial charge in [-0.25, -0.2) is 17.5 Å². The van der Waals surface area contributed by atoms with Gasteiger partial charge in [0.25, 0.3) is 10.0 Å². The van der Waals surface area contributed by atoms with Crippen molar-refractivity contribution < 1.29 is 18.3 Å². The maximum absolute atomic E-state index is 13.5. The molecule has 0 fully saturated rings. The zero-order valence-electron chi connectivity index (χ0n) is 18.3. The van der Waals surface area contributed by atoms with E-state index in [9.17, 15) is 18.3 Å². The monoisotopic (exact) mass is 471 g/mol. The highest BCUT2D eigenvalue weighted by molar-refractivity contribution is 7.89. The molecule has 7 nitrogen and oxygen atoms in total. The largest absolute Gasteiger partial charge is 0.478 e. The number of sulfonamides is 1. The number of carboxylic acid groups (broad SMARTS) is 1. The predicted octanol–water partition coefficient (Wildman–Crippen LogP) is 4.08. The molecule has 0 radical (unpaired) electrons. The number of benzene rings is 2. The summed E-state index contributed by atoms with van der Waals surface area (Å²) in [7, 11) is -3.96. The molecule has 8 heteroatoms. The maximum Gasteiger partial charge on any atom is 0.337 e. The lowest BCUT2D eigenvalue weighted by Crippen LogP contribution is -2.26. The minimum absolute atomic E-state index is 0.00318. The van der Waals surface area contributed by atoms with Crippen LogP contribution in [0.2, 0.25) is 0 Å². The molecular formula is C26H21N3O4S. The van der Waals surface area contributed by atoms with Crippen LogP contribution in [0.15, 0.2) is 96.4 Å². The molecule has 0 aliphatic carbocycles. The topological polar surface area (TPSA) is 92.5 Å². The van der Waals surface area contributed by atoms with Crippen molar-refractivity contribution in [1.29, 1.82) is 0 Å². The highest BCUT2D eigenvalue weighted by atomic mass is 32.2. The molecule has 1 N–H and O–H groups in total. The van der Waals surface area contributed by atoms with Gasteiger partial charge in [0, 0.05) is 30.8 Å². The molecule has 0 unspecified atom stereocenters. The van der Waals surface area contributed by atoms with Crippen molar-refractivity contribution in [1.82, 2.24) is 13.9 Å². The van der Waals surface area contributed by atoms with Gasteiger partial charge < -0.3 is 9.67 Å². The van der Waals surface area contributed by atoms with Crippen LogP contribution in [-0.2, 0) is 16.6 Å². The Morgan fingerprint density at radius 3 is 2.32 bits per heavy atom. The van der Waals surface area contributed by atoms with Gasteiger partial charge in [0.1, 0.15) is 0 Å². The lowest BCUT2D eigenvalue weighted by atomic mass is 10.1. The van der Waals surface area contributed by atoms with Gasteiger partial charge in [-0.05, 0) is 66.9 Å². The first kappa shape index (κ1) is 22.8. The lowest BCUT2D eigenvalue weighted by molar-refractivity contribution is 0.0697. The SMILES string of the molecule is Cc1ccc(S(=O)(=O)N(C#Cc2cccc(C(=O)O)c2-n2cccc2)Cc2ccncc2)cc1. The fourth-order valence-electron chi connectivity index (χ4n) is 3.38. The lowest BCUT2D eigenvalue weighted by Gasteiger charge is -2.18. The van der Waals surface area contributed by atoms with E-state index >= 15 is 0 Å². The average molecular weight is 472 g/mol. The molecule has 2 heterocycles. The highest BCUT2D eigenvalue weighted by Gasteiger charge is 2.23. The number of aromatic carboxylic acids is 1. The van der Waals surface area contributed by atoms with Crippen molar-refractivity contribution in [2.75, 3.05) is 0 Å². The first-order valence-corrected chi connectivity index (χ1v) is 11.8. The number of hydrogen-bond acceptors (Lipinski definition) is 4. The number of carboxylic acids is 1. The van der Waals surface area contributed by atoms with E-state index in [1.54, 1.807) is 90.0 Å². The Labute approximate surface area is 198 Å². The van der Waals surface area contributed by atoms with Crippen LogP contribution in [0, 0.1) is 18.9 Å². The molecule has 0 saturated heterocycles. The Bertz CT molecular complexity index is 1470. The van der Waals surface area contributed by atoms with Crippen LogP contribution in [0.1, 0.15) is 27.0 Å². The Morgan fingerprint density at radius 2 is 1.68 bits per heavy atom. The smallest absolute Gasteiger partial charge is 0.337 e. The van der Waals surface area contributed by atoms with Gasteiger partial charge >= 0.3 is 5.97 Å². The van der Waals surface area contributed by atoms with Gasteiger partial charge in [-0.15, -0.1) is 0 Å². The molecule has 0 spiro atoms. The van der Waals surface area contributed by atoms with E-state index in [4.69, 9.17) is 0 Å². The molecule has 34 heavy (non-hydrogen) atoms. The standard InChI is InChI=1S/C26H21N3O4S/c1-20-7-9-23(10-8-20)34(32,33)29(19-21-11-14-27-15-12-21)18-13-22-5-4-6-24(26(30)31)25(22)28-16-2-3-17-28/h2-12,14-17H,19H2,1H3,(H,30,31). The first-order chi connectivity index (χ1) is 16.4. The van der Waals surface area contributed by atoms with E-state index in [-0.39, 0.29) is 17.0 Å². The summed E-state index contributed by atoms with van der Waals surface area (Å²) in [5.74, 6) is 1.80. The molecule has 4 rings (SSSR count). The summed E-state index contributed by atoms with van der Waals surface area (Å²) in [5, 5.41) is 9.69. The molecule has 0 aliphatic heterocycles. The summed E-state index contributed by atoms with van der Waals surface area (Å²) in [6.45, 7) is 1.88. The van der Waals surface area contributed by atoms with Gasteiger partial charge in [-0.2, -0.15) is 0 Å². The Hall–Kier alpha value is -4.35. The number of aromatic nitrogens is 2. The minimum atomic E-state index is -3.96. The summed E-state index contributed by atoms with van der Waals surface area (Å²) >= 11 is 0. The molecule has 4 aromatic rings. The van der Waals surface area contributed by atoms with E-state index in [2.05, 4.69) is 16.9 Å². The van der Waals surface area contributed by atoms with Crippen LogP contribution in [0.3, 0.4) is 0 Å². The summed E-state index contributed by atoms with van der Waals surface area (Å²) in [5.41, 5.74) is 2.46. The van der Waals surface area contributed by atoms with Crippen molar-refractivity contribution in [2.45, 2.75) is 18.4 Å². The van der Waals surface area contributed by atoms with Crippen molar-refractivity contribution in [3.05, 3.63) is 114 Å². The molecule has 2 aromatic carbocycles. The van der Waals surface area contributed by atoms with E-state index in [1.165, 1.54) is 6.07 Å². The van der Waals surface area contributed by atoms with Gasteiger partial charge in [-0.3, -0.25) is 4.98 Å². The third-order valence-corrected chi connectivity index (χ3v) is 6.80. The molecule has 170 valence electrons. The first-order valence-electron chi connectivity index (χ1n) is 10.4. The summed E-state index contributed by atoms with van der Waals surface area (Å²) in [6.07, 6.45) is 6.59. The van der Waals surface area contributed by atoms with Crippen LogP contribution in [-0.4, -0.2) is 33.3 Å². The normalized spacial score (nSPS) is 10.9. The molecule has 0 amide bonds. The second kappa shape index (κ2) is 9.65. The summed E-state index contributed by atoms with van der Waals surface area (Å²) in [6, 6.07) is 21.0. The number of hydrogen-bond donors (Lipinski definition) is 1. The van der Waals surface area contributed by atoms with E-state index in [0.717, 1.165) is 9.87 Å². The van der Waals surface area contributed by atoms with Crippen molar-refractivity contribution in [3.63, 3.8) is 0 Å². The van der Waals surface area contributed by atoms with Crippen LogP contribution < -0.4 is 0 Å². The summed E-state index contributed by atoms with van der Waals surface area (Å²) in [4.78, 5) is 15.9. The maximum atomic E-state index is 13.5. The van der Waals surface area contributed by atoms with Gasteiger partial charge in [0.2, 0.25) is 0 Å². The van der Waals surface area contributed by atoms with Crippen molar-refractivity contribution in [3.8, 4) is 17.7 Å². The van der Waals surface area contributed by atoms with Crippen LogP contribution in [0.4, 0.5) is 0 Å². The van der Waals surface area contributed by atoms with Crippen LogP contribution in [0.5, 0.6) is 0 Å². The molecule has 0 bridgehead atoms. The number of nitrogens with zero attached hydrogens (tertiary/aromatic N) is 3. The van der Waals surface area contributed by atoms with Gasteiger partial charge in [-0.1, -0.05) is 23.8 Å². The highest BCUT2D eigenvalue weighted by Crippen LogP contribution is 2.22. The number of aryl methyl sites for hydroxylation is 1. The zero-order chi connectivity index (χ0) is 24.1. The zero-order valence-corrected chi connectivity index (χ0v) is 19.1. The fourth-order valence-corrected chi connectivity index (χ4v) is 4.60. The Kier molecular flexibility index (Phi) is 6.48. The molecule has 2 aromatic heterocycles. The third-order valence-electron chi connectivity index (χ3n) is 5.13. The van der Waals surface area contributed by atoms with E-state index < -0.39 is 16.0 Å². The molecular weight excluding hydrogens is 450 g/mol. The van der Waals surface area contributed by atoms with Crippen LogP contribution in [0.25, 0.3) is 5.69 Å². The average Bonchev–Trinajstić information content (AvgIpc) is 3.37. The number of rotatable bonds is 6. The summed E-state index contributed by atoms with van der Waals surface area (Å²) < 4.78 is 29.7. The van der Waals surface area contributed by atoms with Crippen molar-refractivity contribution >= 4 is 16.0 Å². The molecule has 0 saturated carbocycles. The van der Waals surface area contributed by atoms with Crippen molar-refractivity contribution in [2.24, 2.45) is 0 Å². The second-order valence-corrected chi connectivity index (χ2v) is 9.38. The number of pyridine rings is 1. The van der Waals surface area contributed by atoms with E-state index in [1.807, 2.05) is 6.92 Å².